The monoisotopic (exact) mass is 410 g/mol. The Morgan fingerprint density at radius 1 is 0.929 bits per heavy atom. The first kappa shape index (κ1) is 17.4. The molecule has 0 spiro atoms. The van der Waals surface area contributed by atoms with Crippen LogP contribution in [0.15, 0.2) is 71.8 Å². The van der Waals surface area contributed by atoms with E-state index < -0.39 is 6.23 Å². The first-order valence-corrected chi connectivity index (χ1v) is 9.71. The number of phenols is 1. The second-order valence-corrected chi connectivity index (χ2v) is 7.74. The maximum absolute atomic E-state index is 10.4. The summed E-state index contributed by atoms with van der Waals surface area (Å²) < 4.78 is 6.25. The molecule has 0 amide bonds. The predicted octanol–water partition coefficient (Wildman–Crippen LogP) is 5.94. The Morgan fingerprint density at radius 3 is 2.50 bits per heavy atom. The van der Waals surface area contributed by atoms with Crippen molar-refractivity contribution in [1.29, 1.82) is 0 Å². The van der Waals surface area contributed by atoms with Gasteiger partial charge in [0.1, 0.15) is 11.5 Å². The highest BCUT2D eigenvalue weighted by atomic mass is 35.5. The van der Waals surface area contributed by atoms with Gasteiger partial charge >= 0.3 is 0 Å². The second kappa shape index (κ2) is 6.73. The van der Waals surface area contributed by atoms with Crippen LogP contribution >= 0.6 is 23.2 Å². The molecule has 28 heavy (non-hydrogen) atoms. The van der Waals surface area contributed by atoms with Crippen LogP contribution < -0.4 is 4.74 Å². The Hall–Kier alpha value is -2.69. The summed E-state index contributed by atoms with van der Waals surface area (Å²) in [4.78, 5) is 0. The second-order valence-electron chi connectivity index (χ2n) is 6.86. The number of aromatic hydroxyl groups is 1. The van der Waals surface area contributed by atoms with Gasteiger partial charge in [0.2, 0.25) is 6.23 Å². The number of hydrogen-bond acceptors (Lipinski definition) is 4. The van der Waals surface area contributed by atoms with Crippen LogP contribution in [0.1, 0.15) is 35.4 Å². The summed E-state index contributed by atoms with van der Waals surface area (Å²) in [6, 6.07) is 20.6. The number of benzene rings is 3. The van der Waals surface area contributed by atoms with E-state index in [9.17, 15) is 5.11 Å². The van der Waals surface area contributed by atoms with Crippen molar-refractivity contribution in [3.8, 4) is 11.5 Å². The number of rotatable bonds is 2. The van der Waals surface area contributed by atoms with Crippen molar-refractivity contribution in [2.45, 2.75) is 18.7 Å². The van der Waals surface area contributed by atoms with E-state index >= 15 is 0 Å². The number of nitrogens with zero attached hydrogens (tertiary/aromatic N) is 2. The molecule has 0 fully saturated rings. The Morgan fingerprint density at radius 2 is 1.68 bits per heavy atom. The fourth-order valence-electron chi connectivity index (χ4n) is 3.78. The van der Waals surface area contributed by atoms with Crippen LogP contribution in [0.5, 0.6) is 11.5 Å². The van der Waals surface area contributed by atoms with Crippen molar-refractivity contribution in [3.05, 3.63) is 93.5 Å². The molecule has 0 saturated heterocycles. The predicted molar refractivity (Wildman–Crippen MR) is 110 cm³/mol. The van der Waals surface area contributed by atoms with Crippen molar-refractivity contribution >= 4 is 28.9 Å². The molecule has 6 heteroatoms. The molecular formula is C22H16Cl2N2O2. The van der Waals surface area contributed by atoms with E-state index in [1.165, 1.54) is 0 Å². The van der Waals surface area contributed by atoms with Crippen LogP contribution in [0.3, 0.4) is 0 Å². The number of fused-ring (bicyclic) bond motifs is 3. The standard InChI is InChI=1S/C22H16Cl2N2O2/c23-14-7-5-13(6-8-14)18-12-19-16-3-1-2-4-21(16)28-22(26(19)25-18)17-11-15(24)9-10-20(17)27/h1-11,19,22,27H,12H2/t19-,22-/m0/s1. The molecule has 140 valence electrons. The smallest absolute Gasteiger partial charge is 0.217 e. The molecule has 0 saturated carbocycles. The van der Waals surface area contributed by atoms with Gasteiger partial charge in [-0.1, -0.05) is 53.5 Å². The quantitative estimate of drug-likeness (QED) is 0.568. The minimum atomic E-state index is -0.566. The van der Waals surface area contributed by atoms with Crippen molar-refractivity contribution in [2.24, 2.45) is 5.10 Å². The average Bonchev–Trinajstić information content (AvgIpc) is 3.15. The Balaban J connectivity index is 1.62. The van der Waals surface area contributed by atoms with Gasteiger partial charge < -0.3 is 9.84 Å². The minimum absolute atomic E-state index is 0.0130. The van der Waals surface area contributed by atoms with Crippen molar-refractivity contribution in [2.75, 3.05) is 0 Å². The molecule has 0 radical (unpaired) electrons. The lowest BCUT2D eigenvalue weighted by molar-refractivity contribution is -0.0203. The zero-order valence-corrected chi connectivity index (χ0v) is 16.2. The molecule has 0 aromatic heterocycles. The van der Waals surface area contributed by atoms with Gasteiger partial charge in [-0.3, -0.25) is 0 Å². The lowest BCUT2D eigenvalue weighted by Gasteiger charge is -2.38. The molecule has 1 N–H and O–H groups in total. The van der Waals surface area contributed by atoms with Gasteiger partial charge in [0, 0.05) is 22.0 Å². The van der Waals surface area contributed by atoms with Crippen LogP contribution in [0.4, 0.5) is 0 Å². The molecule has 2 aliphatic heterocycles. The third-order valence-corrected chi connectivity index (χ3v) is 5.62. The average molecular weight is 411 g/mol. The van der Waals surface area contributed by atoms with Gasteiger partial charge in [0.05, 0.1) is 17.3 Å². The fraction of sp³-hybridized carbons (Fsp3) is 0.136. The van der Waals surface area contributed by atoms with Gasteiger partial charge in [-0.05, 0) is 42.0 Å². The molecule has 5 rings (SSSR count). The molecule has 2 heterocycles. The fourth-order valence-corrected chi connectivity index (χ4v) is 4.09. The molecule has 4 nitrogen and oxygen atoms in total. The Bertz CT molecular complexity index is 1080. The van der Waals surface area contributed by atoms with Crippen LogP contribution in [0, 0.1) is 0 Å². The highest BCUT2D eigenvalue weighted by Crippen LogP contribution is 2.48. The van der Waals surface area contributed by atoms with E-state index in [4.69, 9.17) is 33.0 Å². The summed E-state index contributed by atoms with van der Waals surface area (Å²) in [6.07, 6.45) is 0.170. The Labute approximate surface area is 172 Å². The first-order chi connectivity index (χ1) is 13.6. The lowest BCUT2D eigenvalue weighted by Crippen LogP contribution is -2.33. The summed E-state index contributed by atoms with van der Waals surface area (Å²) in [7, 11) is 0. The molecular weight excluding hydrogens is 395 g/mol. The number of hydrazone groups is 1. The molecule has 2 atom stereocenters. The number of para-hydroxylation sites is 1. The maximum Gasteiger partial charge on any atom is 0.217 e. The third-order valence-electron chi connectivity index (χ3n) is 5.13. The largest absolute Gasteiger partial charge is 0.507 e. The zero-order valence-electron chi connectivity index (χ0n) is 14.7. The molecule has 2 aliphatic rings. The van der Waals surface area contributed by atoms with E-state index in [2.05, 4.69) is 6.07 Å². The maximum atomic E-state index is 10.4. The summed E-state index contributed by atoms with van der Waals surface area (Å²) in [5, 5.41) is 18.4. The summed E-state index contributed by atoms with van der Waals surface area (Å²) in [6.45, 7) is 0. The van der Waals surface area contributed by atoms with Crippen molar-refractivity contribution in [1.82, 2.24) is 5.01 Å². The van der Waals surface area contributed by atoms with Crippen LogP contribution in [-0.4, -0.2) is 15.8 Å². The minimum Gasteiger partial charge on any atom is -0.507 e. The topological polar surface area (TPSA) is 45.1 Å². The third kappa shape index (κ3) is 2.89. The van der Waals surface area contributed by atoms with Gasteiger partial charge in [-0.15, -0.1) is 0 Å². The molecule has 3 aromatic carbocycles. The van der Waals surface area contributed by atoms with E-state index in [1.54, 1.807) is 18.2 Å². The van der Waals surface area contributed by atoms with Crippen molar-refractivity contribution < 1.29 is 9.84 Å². The van der Waals surface area contributed by atoms with Crippen LogP contribution in [0.25, 0.3) is 0 Å². The number of hydrogen-bond donors (Lipinski definition) is 1. The molecule has 0 bridgehead atoms. The van der Waals surface area contributed by atoms with E-state index in [0.717, 1.165) is 29.0 Å². The molecule has 3 aromatic rings. The van der Waals surface area contributed by atoms with E-state index in [0.29, 0.717) is 15.6 Å². The van der Waals surface area contributed by atoms with Crippen LogP contribution in [-0.2, 0) is 0 Å². The van der Waals surface area contributed by atoms with E-state index in [-0.39, 0.29) is 11.8 Å². The summed E-state index contributed by atoms with van der Waals surface area (Å²) in [5.41, 5.74) is 3.64. The highest BCUT2D eigenvalue weighted by Gasteiger charge is 2.41. The molecule has 0 aliphatic carbocycles. The molecule has 0 unspecified atom stereocenters. The van der Waals surface area contributed by atoms with Gasteiger partial charge in [-0.25, -0.2) is 5.01 Å². The summed E-state index contributed by atoms with van der Waals surface area (Å²) >= 11 is 12.2. The lowest BCUT2D eigenvalue weighted by atomic mass is 9.96. The van der Waals surface area contributed by atoms with Crippen molar-refractivity contribution in [3.63, 3.8) is 0 Å². The van der Waals surface area contributed by atoms with Gasteiger partial charge in [-0.2, -0.15) is 5.10 Å². The number of phenolic OH excluding ortho intramolecular Hbond substituents is 1. The highest BCUT2D eigenvalue weighted by molar-refractivity contribution is 6.31. The zero-order chi connectivity index (χ0) is 19.3. The normalized spacial score (nSPS) is 20.2. The van der Waals surface area contributed by atoms with E-state index in [1.807, 2.05) is 47.5 Å². The summed E-state index contributed by atoms with van der Waals surface area (Å²) in [5.74, 6) is 0.920. The first-order valence-electron chi connectivity index (χ1n) is 8.96. The Kier molecular flexibility index (Phi) is 4.18. The SMILES string of the molecule is Oc1ccc(Cl)cc1[C@@H]1Oc2ccccc2[C@@H]2CC(c3ccc(Cl)cc3)=NN21. The van der Waals surface area contributed by atoms with Gasteiger partial charge in [0.15, 0.2) is 0 Å². The number of halogens is 2. The number of ether oxygens (including phenoxy) is 1. The van der Waals surface area contributed by atoms with Crippen LogP contribution in [0.2, 0.25) is 10.0 Å². The van der Waals surface area contributed by atoms with Gasteiger partial charge in [0.25, 0.3) is 0 Å².